The van der Waals surface area contributed by atoms with Gasteiger partial charge in [0.15, 0.2) is 5.58 Å². The third kappa shape index (κ3) is 3.56. The number of methoxy groups -OCH3 is 1. The fourth-order valence-corrected chi connectivity index (χ4v) is 4.34. The van der Waals surface area contributed by atoms with E-state index in [2.05, 4.69) is 31.2 Å². The number of ether oxygens (including phenoxy) is 1. The number of oxazole rings is 1. The molecular formula is C26H24N2O3. The number of carbonyl (C=O) groups is 1. The Morgan fingerprint density at radius 2 is 1.97 bits per heavy atom. The van der Waals surface area contributed by atoms with Crippen LogP contribution < -0.4 is 4.74 Å². The molecule has 0 N–H and O–H groups in total. The zero-order valence-electron chi connectivity index (χ0n) is 17.7. The molecule has 1 fully saturated rings. The van der Waals surface area contributed by atoms with E-state index in [1.54, 1.807) is 13.2 Å². The van der Waals surface area contributed by atoms with E-state index in [0.717, 1.165) is 29.5 Å². The summed E-state index contributed by atoms with van der Waals surface area (Å²) in [5.74, 6) is 1.25. The number of fused-ring (bicyclic) bond motifs is 1. The molecular weight excluding hydrogens is 388 g/mol. The molecule has 0 bridgehead atoms. The molecule has 0 aliphatic carbocycles. The van der Waals surface area contributed by atoms with Gasteiger partial charge in [0, 0.05) is 12.1 Å². The molecule has 0 spiro atoms. The van der Waals surface area contributed by atoms with Crippen molar-refractivity contribution in [1.29, 1.82) is 0 Å². The molecule has 0 saturated carbocycles. The minimum atomic E-state index is -0.159. The Morgan fingerprint density at radius 3 is 2.81 bits per heavy atom. The number of aryl methyl sites for hydroxylation is 1. The average Bonchev–Trinajstić information content (AvgIpc) is 3.45. The van der Waals surface area contributed by atoms with Gasteiger partial charge < -0.3 is 14.1 Å². The largest absolute Gasteiger partial charge is 0.497 e. The molecule has 2 heterocycles. The number of aromatic nitrogens is 1. The standard InChI is InChI=1S/C26H24N2O3/c1-17-7-3-4-10-21(17)18-12-13-24-22(16-18)27-25(31-24)23-11-6-14-28(23)26(29)19-8-5-9-20(15-19)30-2/h3-5,7-10,12-13,15-16,23H,6,11,14H2,1-2H3/t23-/m0/s1. The fraction of sp³-hybridized carbons (Fsp3) is 0.231. The predicted octanol–water partition coefficient (Wildman–Crippen LogP) is 5.79. The first-order valence-corrected chi connectivity index (χ1v) is 10.6. The van der Waals surface area contributed by atoms with E-state index in [1.165, 1.54) is 11.1 Å². The van der Waals surface area contributed by atoms with E-state index in [-0.39, 0.29) is 11.9 Å². The highest BCUT2D eigenvalue weighted by atomic mass is 16.5. The molecule has 1 atom stereocenters. The third-order valence-corrected chi connectivity index (χ3v) is 5.98. The van der Waals surface area contributed by atoms with Crippen molar-refractivity contribution in [3.05, 3.63) is 83.7 Å². The highest BCUT2D eigenvalue weighted by molar-refractivity contribution is 5.95. The van der Waals surface area contributed by atoms with Gasteiger partial charge in [0.05, 0.1) is 7.11 Å². The van der Waals surface area contributed by atoms with Gasteiger partial charge in [-0.05, 0) is 66.8 Å². The van der Waals surface area contributed by atoms with Gasteiger partial charge in [0.1, 0.15) is 17.3 Å². The summed E-state index contributed by atoms with van der Waals surface area (Å²) in [7, 11) is 1.60. The molecule has 156 valence electrons. The lowest BCUT2D eigenvalue weighted by Gasteiger charge is -2.22. The van der Waals surface area contributed by atoms with Gasteiger partial charge in [-0.15, -0.1) is 0 Å². The maximum Gasteiger partial charge on any atom is 0.254 e. The second kappa shape index (κ2) is 7.91. The third-order valence-electron chi connectivity index (χ3n) is 5.98. The number of carbonyl (C=O) groups excluding carboxylic acids is 1. The number of likely N-dealkylation sites (tertiary alicyclic amines) is 1. The summed E-state index contributed by atoms with van der Waals surface area (Å²) in [5.41, 5.74) is 5.69. The van der Waals surface area contributed by atoms with Crippen LogP contribution in [0.4, 0.5) is 0 Å². The Kier molecular flexibility index (Phi) is 4.94. The monoisotopic (exact) mass is 412 g/mol. The summed E-state index contributed by atoms with van der Waals surface area (Å²) in [6.07, 6.45) is 1.76. The Hall–Kier alpha value is -3.60. The Balaban J connectivity index is 1.46. The van der Waals surface area contributed by atoms with E-state index in [1.807, 2.05) is 41.3 Å². The van der Waals surface area contributed by atoms with E-state index < -0.39 is 0 Å². The van der Waals surface area contributed by atoms with E-state index in [0.29, 0.717) is 23.7 Å². The van der Waals surface area contributed by atoms with Gasteiger partial charge in [0.2, 0.25) is 5.89 Å². The number of benzene rings is 3. The Bertz CT molecular complexity index is 1260. The minimum absolute atomic E-state index is 0.0238. The van der Waals surface area contributed by atoms with Crippen molar-refractivity contribution >= 4 is 17.0 Å². The van der Waals surface area contributed by atoms with Crippen LogP contribution in [0.3, 0.4) is 0 Å². The van der Waals surface area contributed by atoms with Crippen LogP contribution in [0.2, 0.25) is 0 Å². The van der Waals surface area contributed by atoms with Crippen LogP contribution in [0.5, 0.6) is 5.75 Å². The molecule has 1 aliphatic rings. The second-order valence-corrected chi connectivity index (χ2v) is 7.94. The van der Waals surface area contributed by atoms with E-state index in [4.69, 9.17) is 14.1 Å². The zero-order chi connectivity index (χ0) is 21.4. The highest BCUT2D eigenvalue weighted by Crippen LogP contribution is 2.35. The molecule has 1 aliphatic heterocycles. The number of hydrogen-bond donors (Lipinski definition) is 0. The maximum atomic E-state index is 13.2. The first kappa shape index (κ1) is 19.4. The number of hydrogen-bond acceptors (Lipinski definition) is 4. The molecule has 5 heteroatoms. The van der Waals surface area contributed by atoms with Crippen molar-refractivity contribution in [2.24, 2.45) is 0 Å². The molecule has 4 aromatic rings. The van der Waals surface area contributed by atoms with Crippen molar-refractivity contribution in [2.45, 2.75) is 25.8 Å². The van der Waals surface area contributed by atoms with Crippen LogP contribution in [0.25, 0.3) is 22.2 Å². The first-order chi connectivity index (χ1) is 15.1. The molecule has 0 radical (unpaired) electrons. The van der Waals surface area contributed by atoms with Gasteiger partial charge in [-0.25, -0.2) is 4.98 Å². The van der Waals surface area contributed by atoms with Crippen molar-refractivity contribution < 1.29 is 13.9 Å². The van der Waals surface area contributed by atoms with Crippen LogP contribution in [-0.4, -0.2) is 29.4 Å². The number of nitrogens with zero attached hydrogens (tertiary/aromatic N) is 2. The molecule has 1 aromatic heterocycles. The summed E-state index contributed by atoms with van der Waals surface area (Å²) >= 11 is 0. The summed E-state index contributed by atoms with van der Waals surface area (Å²) in [5, 5.41) is 0. The van der Waals surface area contributed by atoms with Gasteiger partial charge in [-0.3, -0.25) is 4.79 Å². The van der Waals surface area contributed by atoms with Crippen LogP contribution >= 0.6 is 0 Å². The van der Waals surface area contributed by atoms with Crippen molar-refractivity contribution in [1.82, 2.24) is 9.88 Å². The lowest BCUT2D eigenvalue weighted by atomic mass is 10.0. The SMILES string of the molecule is COc1cccc(C(=O)N2CCC[C@H]2c2nc3cc(-c4ccccc4C)ccc3o2)c1. The van der Waals surface area contributed by atoms with Crippen molar-refractivity contribution in [3.8, 4) is 16.9 Å². The van der Waals surface area contributed by atoms with Gasteiger partial charge in [-0.2, -0.15) is 0 Å². The molecule has 3 aromatic carbocycles. The molecule has 1 saturated heterocycles. The normalized spacial score (nSPS) is 16.1. The second-order valence-electron chi connectivity index (χ2n) is 7.94. The Labute approximate surface area is 181 Å². The fourth-order valence-electron chi connectivity index (χ4n) is 4.34. The zero-order valence-corrected chi connectivity index (χ0v) is 17.7. The molecule has 31 heavy (non-hydrogen) atoms. The Morgan fingerprint density at radius 1 is 1.10 bits per heavy atom. The van der Waals surface area contributed by atoms with Crippen molar-refractivity contribution in [3.63, 3.8) is 0 Å². The molecule has 5 rings (SSSR count). The van der Waals surface area contributed by atoms with Gasteiger partial charge >= 0.3 is 0 Å². The van der Waals surface area contributed by atoms with Crippen LogP contribution in [0.1, 0.15) is 40.7 Å². The van der Waals surface area contributed by atoms with Crippen LogP contribution in [0, 0.1) is 6.92 Å². The first-order valence-electron chi connectivity index (χ1n) is 10.6. The smallest absolute Gasteiger partial charge is 0.254 e. The van der Waals surface area contributed by atoms with Gasteiger partial charge in [0.25, 0.3) is 5.91 Å². The summed E-state index contributed by atoms with van der Waals surface area (Å²) in [6, 6.07) is 21.5. The minimum Gasteiger partial charge on any atom is -0.497 e. The van der Waals surface area contributed by atoms with E-state index in [9.17, 15) is 4.79 Å². The number of rotatable bonds is 4. The van der Waals surface area contributed by atoms with Crippen molar-refractivity contribution in [2.75, 3.05) is 13.7 Å². The topological polar surface area (TPSA) is 55.6 Å². The van der Waals surface area contributed by atoms with Crippen LogP contribution in [-0.2, 0) is 0 Å². The quantitative estimate of drug-likeness (QED) is 0.426. The summed E-state index contributed by atoms with van der Waals surface area (Å²) < 4.78 is 11.4. The highest BCUT2D eigenvalue weighted by Gasteiger charge is 2.34. The predicted molar refractivity (Wildman–Crippen MR) is 120 cm³/mol. The molecule has 1 amide bonds. The summed E-state index contributed by atoms with van der Waals surface area (Å²) in [6.45, 7) is 2.79. The van der Waals surface area contributed by atoms with E-state index >= 15 is 0 Å². The van der Waals surface area contributed by atoms with Gasteiger partial charge in [-0.1, -0.05) is 36.4 Å². The molecule has 0 unspecified atom stereocenters. The lowest BCUT2D eigenvalue weighted by Crippen LogP contribution is -2.30. The summed E-state index contributed by atoms with van der Waals surface area (Å²) in [4.78, 5) is 19.8. The molecule has 5 nitrogen and oxygen atoms in total. The maximum absolute atomic E-state index is 13.2. The number of amides is 1. The average molecular weight is 412 g/mol. The lowest BCUT2D eigenvalue weighted by molar-refractivity contribution is 0.0716. The van der Waals surface area contributed by atoms with Crippen LogP contribution in [0.15, 0.2) is 71.1 Å².